The zero-order valence-electron chi connectivity index (χ0n) is 13.0. The number of carbonyl (C=O) groups is 1. The Hall–Kier alpha value is -1.56. The van der Waals surface area contributed by atoms with Crippen LogP contribution in [0.1, 0.15) is 33.2 Å². The predicted molar refractivity (Wildman–Crippen MR) is 88.9 cm³/mol. The highest BCUT2D eigenvalue weighted by molar-refractivity contribution is 9.10. The van der Waals surface area contributed by atoms with E-state index in [9.17, 15) is 4.79 Å². The second kappa shape index (κ2) is 5.57. The molecule has 2 aromatic rings. The molecular formula is C16H20BrN3O2. The molecule has 2 heterocycles. The number of fused-ring (bicyclic) bond motifs is 1. The van der Waals surface area contributed by atoms with Crippen molar-refractivity contribution in [1.82, 2.24) is 14.7 Å². The lowest BCUT2D eigenvalue weighted by atomic mass is 10.2. The number of hydrogen-bond acceptors (Lipinski definition) is 3. The zero-order valence-corrected chi connectivity index (χ0v) is 14.6. The van der Waals surface area contributed by atoms with Crippen LogP contribution < -0.4 is 0 Å². The van der Waals surface area contributed by atoms with Gasteiger partial charge in [0, 0.05) is 22.9 Å². The quantitative estimate of drug-likeness (QED) is 0.767. The number of halogens is 1. The highest BCUT2D eigenvalue weighted by Gasteiger charge is 2.31. The van der Waals surface area contributed by atoms with Crippen LogP contribution in [0.4, 0.5) is 4.79 Å². The summed E-state index contributed by atoms with van der Waals surface area (Å²) in [6.45, 7) is 7.00. The Morgan fingerprint density at radius 2 is 2.18 bits per heavy atom. The molecule has 3 rings (SSSR count). The van der Waals surface area contributed by atoms with Gasteiger partial charge in [0.05, 0.1) is 17.8 Å². The number of carbonyl (C=O) groups excluding carboxylic acids is 1. The summed E-state index contributed by atoms with van der Waals surface area (Å²) < 4.78 is 8.50. The monoisotopic (exact) mass is 365 g/mol. The molecule has 0 unspecified atom stereocenters. The van der Waals surface area contributed by atoms with Crippen LogP contribution in [0.15, 0.2) is 28.9 Å². The van der Waals surface area contributed by atoms with Crippen molar-refractivity contribution in [1.29, 1.82) is 0 Å². The molecule has 22 heavy (non-hydrogen) atoms. The van der Waals surface area contributed by atoms with Crippen molar-refractivity contribution in [2.75, 3.05) is 13.1 Å². The predicted octanol–water partition coefficient (Wildman–Crippen LogP) is 3.98. The Bertz CT molecular complexity index is 705. The molecule has 1 aliphatic heterocycles. The number of hydrogen-bond donors (Lipinski definition) is 0. The minimum Gasteiger partial charge on any atom is -0.444 e. The molecule has 118 valence electrons. The van der Waals surface area contributed by atoms with E-state index >= 15 is 0 Å². The first-order chi connectivity index (χ1) is 10.3. The molecule has 0 spiro atoms. The van der Waals surface area contributed by atoms with Crippen LogP contribution in [0.3, 0.4) is 0 Å². The van der Waals surface area contributed by atoms with Crippen LogP contribution in [0.5, 0.6) is 0 Å². The molecule has 0 aliphatic carbocycles. The van der Waals surface area contributed by atoms with Crippen molar-refractivity contribution in [2.24, 2.45) is 0 Å². The number of ether oxygens (including phenoxy) is 1. The maximum atomic E-state index is 12.2. The molecule has 1 saturated heterocycles. The van der Waals surface area contributed by atoms with E-state index in [0.29, 0.717) is 13.1 Å². The van der Waals surface area contributed by atoms with Gasteiger partial charge in [0.1, 0.15) is 5.60 Å². The average molecular weight is 366 g/mol. The van der Waals surface area contributed by atoms with Gasteiger partial charge in [-0.1, -0.05) is 22.0 Å². The summed E-state index contributed by atoms with van der Waals surface area (Å²) in [5, 5.41) is 5.61. The largest absolute Gasteiger partial charge is 0.444 e. The van der Waals surface area contributed by atoms with Crippen molar-refractivity contribution in [2.45, 2.75) is 38.8 Å². The second-order valence-corrected chi connectivity index (χ2v) is 7.48. The highest BCUT2D eigenvalue weighted by atomic mass is 79.9. The third kappa shape index (κ3) is 2.97. The lowest BCUT2D eigenvalue weighted by molar-refractivity contribution is 0.0288. The number of rotatable bonds is 1. The van der Waals surface area contributed by atoms with Gasteiger partial charge in [-0.25, -0.2) is 4.79 Å². The molecule has 0 N–H and O–H groups in total. The Morgan fingerprint density at radius 1 is 1.41 bits per heavy atom. The minimum atomic E-state index is -0.460. The summed E-state index contributed by atoms with van der Waals surface area (Å²) in [5.41, 5.74) is 0.628. The molecular weight excluding hydrogens is 346 g/mol. The Labute approximate surface area is 138 Å². The van der Waals surface area contributed by atoms with Gasteiger partial charge < -0.3 is 9.64 Å². The van der Waals surface area contributed by atoms with Crippen LogP contribution in [0.2, 0.25) is 0 Å². The number of aromatic nitrogens is 2. The van der Waals surface area contributed by atoms with E-state index in [4.69, 9.17) is 4.74 Å². The van der Waals surface area contributed by atoms with Crippen molar-refractivity contribution in [3.8, 4) is 0 Å². The first-order valence-electron chi connectivity index (χ1n) is 7.45. The van der Waals surface area contributed by atoms with Crippen molar-refractivity contribution in [3.63, 3.8) is 0 Å². The Balaban J connectivity index is 1.77. The molecule has 0 saturated carbocycles. The average Bonchev–Trinajstić information content (AvgIpc) is 3.03. The first kappa shape index (κ1) is 15.3. The number of likely N-dealkylation sites (tertiary alicyclic amines) is 1. The van der Waals surface area contributed by atoms with E-state index in [1.54, 1.807) is 4.90 Å². The van der Waals surface area contributed by atoms with E-state index in [1.807, 2.05) is 43.8 Å². The summed E-state index contributed by atoms with van der Waals surface area (Å²) in [6, 6.07) is 6.27. The molecule has 0 bridgehead atoms. The van der Waals surface area contributed by atoms with Gasteiger partial charge in [0.25, 0.3) is 0 Å². The molecule has 1 amide bonds. The summed E-state index contributed by atoms with van der Waals surface area (Å²) in [4.78, 5) is 13.9. The molecule has 6 heteroatoms. The van der Waals surface area contributed by atoms with Gasteiger partial charge in [-0.15, -0.1) is 0 Å². The zero-order chi connectivity index (χ0) is 15.9. The Morgan fingerprint density at radius 3 is 2.91 bits per heavy atom. The highest BCUT2D eigenvalue weighted by Crippen LogP contribution is 2.29. The SMILES string of the molecule is CC(C)(C)OC(=O)N1CC[C@H](n2ncc3c(Br)cccc32)C1. The third-order valence-corrected chi connectivity index (χ3v) is 4.44. The molecule has 0 radical (unpaired) electrons. The molecule has 1 atom stereocenters. The maximum Gasteiger partial charge on any atom is 0.410 e. The number of amides is 1. The maximum absolute atomic E-state index is 12.2. The topological polar surface area (TPSA) is 47.4 Å². The van der Waals surface area contributed by atoms with Gasteiger partial charge in [0.15, 0.2) is 0 Å². The summed E-state index contributed by atoms with van der Waals surface area (Å²) in [6.07, 6.45) is 2.52. The molecule has 1 fully saturated rings. The smallest absolute Gasteiger partial charge is 0.410 e. The van der Waals surface area contributed by atoms with Crippen LogP contribution >= 0.6 is 15.9 Å². The number of nitrogens with zero attached hydrogens (tertiary/aromatic N) is 3. The summed E-state index contributed by atoms with van der Waals surface area (Å²) in [5.74, 6) is 0. The Kier molecular flexibility index (Phi) is 3.89. The van der Waals surface area contributed by atoms with Crippen molar-refractivity contribution >= 4 is 32.9 Å². The lowest BCUT2D eigenvalue weighted by Gasteiger charge is -2.24. The molecule has 1 aromatic carbocycles. The third-order valence-electron chi connectivity index (χ3n) is 3.75. The summed E-state index contributed by atoms with van der Waals surface area (Å²) in [7, 11) is 0. The fourth-order valence-corrected chi connectivity index (χ4v) is 3.22. The standard InChI is InChI=1S/C16H20BrN3O2/c1-16(2,3)22-15(21)19-8-7-11(10-19)20-14-6-4-5-13(17)12(14)9-18-20/h4-6,9,11H,7-8,10H2,1-3H3/t11-/m0/s1. The number of benzene rings is 1. The van der Waals surface area contributed by atoms with Crippen molar-refractivity contribution in [3.05, 3.63) is 28.9 Å². The van der Waals surface area contributed by atoms with E-state index in [1.165, 1.54) is 0 Å². The van der Waals surface area contributed by atoms with E-state index in [2.05, 4.69) is 27.1 Å². The minimum absolute atomic E-state index is 0.194. The fraction of sp³-hybridized carbons (Fsp3) is 0.500. The second-order valence-electron chi connectivity index (χ2n) is 6.63. The van der Waals surface area contributed by atoms with Gasteiger partial charge in [-0.05, 0) is 39.3 Å². The van der Waals surface area contributed by atoms with Gasteiger partial charge in [-0.2, -0.15) is 5.10 Å². The van der Waals surface area contributed by atoms with Crippen LogP contribution in [0, 0.1) is 0 Å². The van der Waals surface area contributed by atoms with Crippen molar-refractivity contribution < 1.29 is 9.53 Å². The first-order valence-corrected chi connectivity index (χ1v) is 8.24. The normalized spacial score (nSPS) is 18.9. The molecule has 5 nitrogen and oxygen atoms in total. The fourth-order valence-electron chi connectivity index (χ4n) is 2.76. The van der Waals surface area contributed by atoms with Gasteiger partial charge in [-0.3, -0.25) is 4.68 Å². The van der Waals surface area contributed by atoms with Gasteiger partial charge >= 0.3 is 6.09 Å². The van der Waals surface area contributed by atoms with Crippen LogP contribution in [-0.2, 0) is 4.74 Å². The van der Waals surface area contributed by atoms with E-state index in [-0.39, 0.29) is 12.1 Å². The molecule has 1 aliphatic rings. The van der Waals surface area contributed by atoms with Gasteiger partial charge in [0.2, 0.25) is 0 Å². The van der Waals surface area contributed by atoms with Crippen LogP contribution in [-0.4, -0.2) is 39.5 Å². The summed E-state index contributed by atoms with van der Waals surface area (Å²) >= 11 is 3.55. The van der Waals surface area contributed by atoms with E-state index in [0.717, 1.165) is 21.8 Å². The van der Waals surface area contributed by atoms with Crippen LogP contribution in [0.25, 0.3) is 10.9 Å². The van der Waals surface area contributed by atoms with E-state index < -0.39 is 5.60 Å². The lowest BCUT2D eigenvalue weighted by Crippen LogP contribution is -2.35. The molecule has 1 aromatic heterocycles.